The monoisotopic (exact) mass is 477 g/mol. The van der Waals surface area contributed by atoms with Crippen LogP contribution < -0.4 is 9.47 Å². The average molecular weight is 478 g/mol. The highest BCUT2D eigenvalue weighted by atomic mass is 127. The molecule has 0 bridgehead atoms. The number of benzene rings is 3. The Balaban J connectivity index is 1.78. The third-order valence-corrected chi connectivity index (χ3v) is 4.72. The van der Waals surface area contributed by atoms with E-state index in [0.717, 1.165) is 26.1 Å². The zero-order valence-electron chi connectivity index (χ0n) is 14.2. The summed E-state index contributed by atoms with van der Waals surface area (Å²) in [5.41, 5.74) is 2.90. The lowest BCUT2D eigenvalue weighted by Gasteiger charge is -2.13. The lowest BCUT2D eigenvalue weighted by molar-refractivity contribution is 0.282. The largest absolute Gasteiger partial charge is 0.493 e. The van der Waals surface area contributed by atoms with Gasteiger partial charge in [-0.2, -0.15) is 0 Å². The Morgan fingerprint density at radius 1 is 1.04 bits per heavy atom. The first kappa shape index (κ1) is 18.7. The van der Waals surface area contributed by atoms with E-state index in [1.54, 1.807) is 7.11 Å². The zero-order chi connectivity index (χ0) is 18.4. The highest BCUT2D eigenvalue weighted by molar-refractivity contribution is 14.1. The molecule has 0 aliphatic carbocycles. The number of methoxy groups -OCH3 is 1. The predicted octanol–water partition coefficient (Wildman–Crippen LogP) is 6.28. The number of halogens is 2. The van der Waals surface area contributed by atoms with Gasteiger partial charge in [0.1, 0.15) is 6.61 Å². The summed E-state index contributed by atoms with van der Waals surface area (Å²) in [7, 11) is 1.64. The van der Waals surface area contributed by atoms with E-state index in [4.69, 9.17) is 21.1 Å². The molecular formula is C21H17ClINO2. The van der Waals surface area contributed by atoms with Crippen molar-refractivity contribution in [3.8, 4) is 11.5 Å². The second-order valence-electron chi connectivity index (χ2n) is 5.54. The van der Waals surface area contributed by atoms with Crippen LogP contribution in [0.15, 0.2) is 71.7 Å². The van der Waals surface area contributed by atoms with Crippen LogP contribution >= 0.6 is 34.2 Å². The van der Waals surface area contributed by atoms with E-state index in [1.165, 1.54) is 0 Å². The van der Waals surface area contributed by atoms with Crippen molar-refractivity contribution in [2.45, 2.75) is 6.61 Å². The van der Waals surface area contributed by atoms with Crippen molar-refractivity contribution in [2.24, 2.45) is 4.99 Å². The smallest absolute Gasteiger partial charge is 0.174 e. The molecule has 5 heteroatoms. The quantitative estimate of drug-likeness (QED) is 0.309. The molecule has 0 unspecified atom stereocenters. The van der Waals surface area contributed by atoms with Gasteiger partial charge in [-0.3, -0.25) is 4.99 Å². The van der Waals surface area contributed by atoms with Gasteiger partial charge in [-0.1, -0.05) is 41.9 Å². The zero-order valence-corrected chi connectivity index (χ0v) is 17.1. The molecule has 0 fully saturated rings. The van der Waals surface area contributed by atoms with Gasteiger partial charge in [0.2, 0.25) is 0 Å². The van der Waals surface area contributed by atoms with Crippen molar-refractivity contribution in [3.63, 3.8) is 0 Å². The van der Waals surface area contributed by atoms with Crippen LogP contribution in [0.5, 0.6) is 11.5 Å². The summed E-state index contributed by atoms with van der Waals surface area (Å²) < 4.78 is 12.5. The van der Waals surface area contributed by atoms with Gasteiger partial charge in [0, 0.05) is 11.2 Å². The van der Waals surface area contributed by atoms with Crippen LogP contribution in [-0.4, -0.2) is 13.3 Å². The Hall–Kier alpha value is -2.05. The van der Waals surface area contributed by atoms with Crippen molar-refractivity contribution in [3.05, 3.63) is 86.4 Å². The third-order valence-electron chi connectivity index (χ3n) is 3.67. The van der Waals surface area contributed by atoms with Gasteiger partial charge < -0.3 is 9.47 Å². The van der Waals surface area contributed by atoms with E-state index in [2.05, 4.69) is 27.6 Å². The molecule has 0 saturated heterocycles. The van der Waals surface area contributed by atoms with Gasteiger partial charge in [-0.15, -0.1) is 0 Å². The van der Waals surface area contributed by atoms with Crippen LogP contribution in [-0.2, 0) is 6.61 Å². The molecule has 0 atom stereocenters. The van der Waals surface area contributed by atoms with Crippen LogP contribution in [0.4, 0.5) is 5.69 Å². The molecule has 3 aromatic carbocycles. The molecule has 132 valence electrons. The highest BCUT2D eigenvalue weighted by Gasteiger charge is 2.11. The molecule has 0 aliphatic rings. The summed E-state index contributed by atoms with van der Waals surface area (Å²) >= 11 is 8.17. The molecule has 0 saturated carbocycles. The number of ether oxygens (including phenoxy) is 2. The summed E-state index contributed by atoms with van der Waals surface area (Å²) in [5, 5.41) is 0.711. The molecule has 26 heavy (non-hydrogen) atoms. The SMILES string of the molecule is COc1cc(C=Nc2ccccc2)cc(I)c1OCc1ccc(Cl)cc1. The van der Waals surface area contributed by atoms with Crippen molar-refractivity contribution in [1.82, 2.24) is 0 Å². The third kappa shape index (κ3) is 4.99. The molecule has 0 heterocycles. The number of aliphatic imine (C=N–C) groups is 1. The summed E-state index contributed by atoms with van der Waals surface area (Å²) in [5.74, 6) is 1.40. The molecule has 0 amide bonds. The first-order valence-electron chi connectivity index (χ1n) is 7.99. The van der Waals surface area contributed by atoms with Crippen molar-refractivity contribution < 1.29 is 9.47 Å². The normalized spacial score (nSPS) is 10.9. The lowest BCUT2D eigenvalue weighted by atomic mass is 10.2. The van der Waals surface area contributed by atoms with E-state index >= 15 is 0 Å². The van der Waals surface area contributed by atoms with Crippen LogP contribution in [0.1, 0.15) is 11.1 Å². The fraction of sp³-hybridized carbons (Fsp3) is 0.0952. The minimum atomic E-state index is 0.445. The second kappa shape index (κ2) is 9.05. The van der Waals surface area contributed by atoms with Crippen molar-refractivity contribution in [1.29, 1.82) is 0 Å². The Morgan fingerprint density at radius 3 is 2.46 bits per heavy atom. The van der Waals surface area contributed by atoms with Gasteiger partial charge >= 0.3 is 0 Å². The lowest BCUT2D eigenvalue weighted by Crippen LogP contribution is -2.00. The Bertz CT molecular complexity index is 896. The van der Waals surface area contributed by atoms with Crippen molar-refractivity contribution >= 4 is 46.1 Å². The van der Waals surface area contributed by atoms with Crippen molar-refractivity contribution in [2.75, 3.05) is 7.11 Å². The van der Waals surface area contributed by atoms with Gasteiger partial charge in [0.25, 0.3) is 0 Å². The number of nitrogens with zero attached hydrogens (tertiary/aromatic N) is 1. The van der Waals surface area contributed by atoms with E-state index < -0.39 is 0 Å². The topological polar surface area (TPSA) is 30.8 Å². The summed E-state index contributed by atoms with van der Waals surface area (Å²) in [6.07, 6.45) is 1.82. The first-order chi connectivity index (χ1) is 12.7. The first-order valence-corrected chi connectivity index (χ1v) is 9.45. The van der Waals surface area contributed by atoms with E-state index in [1.807, 2.05) is 72.9 Å². The number of para-hydroxylation sites is 1. The van der Waals surface area contributed by atoms with E-state index in [-0.39, 0.29) is 0 Å². The fourth-order valence-corrected chi connectivity index (χ4v) is 3.26. The van der Waals surface area contributed by atoms with Crippen LogP contribution in [0.2, 0.25) is 5.02 Å². The molecule has 3 rings (SSSR count). The molecule has 3 aromatic rings. The molecule has 0 aliphatic heterocycles. The van der Waals surface area contributed by atoms with Gasteiger partial charge in [-0.25, -0.2) is 0 Å². The standard InChI is InChI=1S/C21H17ClINO2/c1-25-20-12-16(13-24-18-5-3-2-4-6-18)11-19(23)21(20)26-14-15-7-9-17(22)10-8-15/h2-13H,14H2,1H3. The van der Waals surface area contributed by atoms with Gasteiger partial charge in [0.05, 0.1) is 16.4 Å². The van der Waals surface area contributed by atoms with E-state index in [0.29, 0.717) is 17.4 Å². The number of hydrogen-bond donors (Lipinski definition) is 0. The maximum absolute atomic E-state index is 5.98. The summed E-state index contributed by atoms with van der Waals surface area (Å²) in [6.45, 7) is 0.445. The molecule has 0 N–H and O–H groups in total. The fourth-order valence-electron chi connectivity index (χ4n) is 2.35. The number of hydrogen-bond acceptors (Lipinski definition) is 3. The molecule has 0 aromatic heterocycles. The Labute approximate surface area is 171 Å². The minimum Gasteiger partial charge on any atom is -0.493 e. The minimum absolute atomic E-state index is 0.445. The Kier molecular flexibility index (Phi) is 6.52. The predicted molar refractivity (Wildman–Crippen MR) is 115 cm³/mol. The molecular weight excluding hydrogens is 461 g/mol. The van der Waals surface area contributed by atoms with E-state index in [9.17, 15) is 0 Å². The van der Waals surface area contributed by atoms with Crippen LogP contribution in [0.25, 0.3) is 0 Å². The Morgan fingerprint density at radius 2 is 1.77 bits per heavy atom. The number of rotatable bonds is 6. The molecule has 0 radical (unpaired) electrons. The maximum atomic E-state index is 5.98. The van der Waals surface area contributed by atoms with Gasteiger partial charge in [0.15, 0.2) is 11.5 Å². The van der Waals surface area contributed by atoms with Crippen LogP contribution in [0, 0.1) is 3.57 Å². The second-order valence-corrected chi connectivity index (χ2v) is 7.14. The maximum Gasteiger partial charge on any atom is 0.174 e. The summed E-state index contributed by atoms with van der Waals surface area (Å²) in [6, 6.07) is 21.4. The average Bonchev–Trinajstić information content (AvgIpc) is 2.67. The van der Waals surface area contributed by atoms with Gasteiger partial charge in [-0.05, 0) is 70.1 Å². The molecule has 3 nitrogen and oxygen atoms in total. The molecule has 0 spiro atoms. The summed E-state index contributed by atoms with van der Waals surface area (Å²) in [4.78, 5) is 4.49. The highest BCUT2D eigenvalue weighted by Crippen LogP contribution is 2.34. The van der Waals surface area contributed by atoms with Crippen LogP contribution in [0.3, 0.4) is 0 Å².